The molecule has 1 aliphatic rings. The molecule has 0 atom stereocenters. The predicted molar refractivity (Wildman–Crippen MR) is 61.3 cm³/mol. The van der Waals surface area contributed by atoms with Crippen molar-refractivity contribution in [1.29, 1.82) is 0 Å². The number of benzene rings is 1. The highest BCUT2D eigenvalue weighted by Gasteiger charge is 2.10. The fraction of sp³-hybridized carbons (Fsp3) is 0.455. The zero-order valence-corrected chi connectivity index (χ0v) is 8.63. The number of anilines is 1. The minimum atomic E-state index is 0.695. The molecule has 1 aromatic carbocycles. The first-order chi connectivity index (χ1) is 7.40. The Labute approximate surface area is 89.1 Å². The molecule has 0 saturated carbocycles. The Kier molecular flexibility index (Phi) is 3.10. The van der Waals surface area contributed by atoms with Crippen LogP contribution in [0.3, 0.4) is 0 Å². The molecule has 1 heterocycles. The van der Waals surface area contributed by atoms with Crippen LogP contribution in [0.5, 0.6) is 0 Å². The Hall–Kier alpha value is -1.67. The van der Waals surface area contributed by atoms with E-state index in [4.69, 9.17) is 5.53 Å². The third-order valence-corrected chi connectivity index (χ3v) is 2.71. The second kappa shape index (κ2) is 4.71. The molecule has 0 spiro atoms. The number of hydrogen-bond acceptors (Lipinski definition) is 2. The van der Waals surface area contributed by atoms with E-state index in [-0.39, 0.29) is 0 Å². The van der Waals surface area contributed by atoms with Gasteiger partial charge in [0.25, 0.3) is 0 Å². The minimum Gasteiger partial charge on any atom is -0.372 e. The highest BCUT2D eigenvalue weighted by atomic mass is 15.1. The van der Waals surface area contributed by atoms with Crippen LogP contribution in [0.2, 0.25) is 0 Å². The van der Waals surface area contributed by atoms with Gasteiger partial charge in [-0.2, -0.15) is 0 Å². The minimum absolute atomic E-state index is 0.695. The van der Waals surface area contributed by atoms with Crippen molar-refractivity contribution < 1.29 is 0 Å². The molecule has 1 aromatic rings. The van der Waals surface area contributed by atoms with Gasteiger partial charge in [-0.1, -0.05) is 17.2 Å². The molecule has 0 aliphatic carbocycles. The second-order valence-corrected chi connectivity index (χ2v) is 3.76. The Morgan fingerprint density at radius 1 is 1.20 bits per heavy atom. The Balaban J connectivity index is 2.19. The van der Waals surface area contributed by atoms with Crippen LogP contribution in [0, 0.1) is 0 Å². The number of hydrogen-bond donors (Lipinski definition) is 0. The summed E-state index contributed by atoms with van der Waals surface area (Å²) in [6.45, 7) is 2.22. The van der Waals surface area contributed by atoms with Gasteiger partial charge in [0.15, 0.2) is 0 Å². The van der Waals surface area contributed by atoms with Crippen LogP contribution in [-0.2, 0) is 0 Å². The maximum absolute atomic E-state index is 8.37. The van der Waals surface area contributed by atoms with Gasteiger partial charge in [0.2, 0.25) is 0 Å². The second-order valence-electron chi connectivity index (χ2n) is 3.76. The molecule has 0 aromatic heterocycles. The van der Waals surface area contributed by atoms with Gasteiger partial charge in [-0.25, -0.2) is 0 Å². The summed E-state index contributed by atoms with van der Waals surface area (Å²) in [5.74, 6) is 0. The molecule has 4 heteroatoms. The third-order valence-electron chi connectivity index (χ3n) is 2.71. The van der Waals surface area contributed by atoms with E-state index in [9.17, 15) is 0 Å². The largest absolute Gasteiger partial charge is 0.372 e. The molecule has 0 unspecified atom stereocenters. The van der Waals surface area contributed by atoms with Crippen molar-refractivity contribution in [3.63, 3.8) is 0 Å². The zero-order valence-electron chi connectivity index (χ0n) is 8.63. The Morgan fingerprint density at radius 2 is 2.00 bits per heavy atom. The first-order valence-electron chi connectivity index (χ1n) is 5.30. The summed E-state index contributed by atoms with van der Waals surface area (Å²) in [7, 11) is 0. The fourth-order valence-corrected chi connectivity index (χ4v) is 1.96. The van der Waals surface area contributed by atoms with Crippen LogP contribution in [-0.4, -0.2) is 13.1 Å². The van der Waals surface area contributed by atoms with Gasteiger partial charge in [-0.15, -0.1) is 0 Å². The lowest BCUT2D eigenvalue weighted by Gasteiger charge is -2.28. The van der Waals surface area contributed by atoms with Crippen LogP contribution >= 0.6 is 0 Å². The summed E-state index contributed by atoms with van der Waals surface area (Å²) in [4.78, 5) is 5.15. The van der Waals surface area contributed by atoms with Crippen molar-refractivity contribution in [2.45, 2.75) is 19.3 Å². The number of azide groups is 1. The summed E-state index contributed by atoms with van der Waals surface area (Å²) in [5, 5.41) is 3.62. The van der Waals surface area contributed by atoms with E-state index in [1.165, 1.54) is 24.9 Å². The highest BCUT2D eigenvalue weighted by molar-refractivity contribution is 5.55. The van der Waals surface area contributed by atoms with Crippen LogP contribution in [0.25, 0.3) is 10.4 Å². The van der Waals surface area contributed by atoms with Gasteiger partial charge >= 0.3 is 0 Å². The van der Waals surface area contributed by atoms with E-state index in [0.717, 1.165) is 13.1 Å². The smallest absolute Gasteiger partial charge is 0.0395 e. The number of piperidine rings is 1. The fourth-order valence-electron chi connectivity index (χ4n) is 1.96. The first kappa shape index (κ1) is 9.87. The summed E-state index contributed by atoms with van der Waals surface area (Å²) in [5.41, 5.74) is 10.2. The monoisotopic (exact) mass is 202 g/mol. The molecule has 1 fully saturated rings. The van der Waals surface area contributed by atoms with E-state index in [0.29, 0.717) is 5.69 Å². The van der Waals surface area contributed by atoms with E-state index in [1.54, 1.807) is 0 Å². The SMILES string of the molecule is [N-]=[N+]=Nc1cccc(N2CCCCC2)c1. The van der Waals surface area contributed by atoms with E-state index >= 15 is 0 Å². The molecule has 78 valence electrons. The van der Waals surface area contributed by atoms with Crippen LogP contribution < -0.4 is 4.90 Å². The molecular weight excluding hydrogens is 188 g/mol. The molecule has 4 nitrogen and oxygen atoms in total. The average Bonchev–Trinajstić information content (AvgIpc) is 2.31. The standard InChI is InChI=1S/C11H14N4/c12-14-13-10-5-4-6-11(9-10)15-7-2-1-3-8-15/h4-6,9H,1-3,7-8H2. The molecule has 0 N–H and O–H groups in total. The van der Waals surface area contributed by atoms with Gasteiger partial charge in [0.05, 0.1) is 0 Å². The summed E-state index contributed by atoms with van der Waals surface area (Å²) >= 11 is 0. The van der Waals surface area contributed by atoms with E-state index in [2.05, 4.69) is 21.0 Å². The molecule has 0 bridgehead atoms. The zero-order chi connectivity index (χ0) is 10.5. The lowest BCUT2D eigenvalue weighted by atomic mass is 10.1. The van der Waals surface area contributed by atoms with Crippen molar-refractivity contribution in [3.8, 4) is 0 Å². The topological polar surface area (TPSA) is 52.0 Å². The molecule has 0 radical (unpaired) electrons. The summed E-state index contributed by atoms with van der Waals surface area (Å²) < 4.78 is 0. The maximum atomic E-state index is 8.37. The number of rotatable bonds is 2. The molecule has 15 heavy (non-hydrogen) atoms. The Morgan fingerprint density at radius 3 is 2.73 bits per heavy atom. The first-order valence-corrected chi connectivity index (χ1v) is 5.30. The molecule has 2 rings (SSSR count). The van der Waals surface area contributed by atoms with Gasteiger partial charge in [0.1, 0.15) is 0 Å². The summed E-state index contributed by atoms with van der Waals surface area (Å²) in [6.07, 6.45) is 3.84. The van der Waals surface area contributed by atoms with Crippen LogP contribution in [0.4, 0.5) is 11.4 Å². The van der Waals surface area contributed by atoms with Crippen molar-refractivity contribution in [2.75, 3.05) is 18.0 Å². The predicted octanol–water partition coefficient (Wildman–Crippen LogP) is 3.62. The molecular formula is C11H14N4. The maximum Gasteiger partial charge on any atom is 0.0395 e. The van der Waals surface area contributed by atoms with Gasteiger partial charge < -0.3 is 4.90 Å². The lowest BCUT2D eigenvalue weighted by Crippen LogP contribution is -2.29. The van der Waals surface area contributed by atoms with Crippen molar-refractivity contribution in [3.05, 3.63) is 34.7 Å². The quantitative estimate of drug-likeness (QED) is 0.410. The molecule has 1 aliphatic heterocycles. The van der Waals surface area contributed by atoms with Gasteiger partial charge in [-0.05, 0) is 36.9 Å². The van der Waals surface area contributed by atoms with Crippen molar-refractivity contribution >= 4 is 11.4 Å². The third kappa shape index (κ3) is 2.42. The molecule has 0 amide bonds. The summed E-state index contributed by atoms with van der Waals surface area (Å²) in [6, 6.07) is 7.79. The number of nitrogens with zero attached hydrogens (tertiary/aromatic N) is 4. The highest BCUT2D eigenvalue weighted by Crippen LogP contribution is 2.24. The van der Waals surface area contributed by atoms with E-state index in [1.807, 2.05) is 18.2 Å². The van der Waals surface area contributed by atoms with Crippen molar-refractivity contribution in [1.82, 2.24) is 0 Å². The van der Waals surface area contributed by atoms with Gasteiger partial charge in [-0.3, -0.25) is 0 Å². The Bertz CT molecular complexity index is 376. The van der Waals surface area contributed by atoms with E-state index < -0.39 is 0 Å². The van der Waals surface area contributed by atoms with Crippen LogP contribution in [0.15, 0.2) is 29.4 Å². The normalized spacial score (nSPS) is 15.9. The van der Waals surface area contributed by atoms with Crippen LogP contribution in [0.1, 0.15) is 19.3 Å². The van der Waals surface area contributed by atoms with Gasteiger partial charge in [0, 0.05) is 29.4 Å². The van der Waals surface area contributed by atoms with Crippen molar-refractivity contribution in [2.24, 2.45) is 5.11 Å². The lowest BCUT2D eigenvalue weighted by molar-refractivity contribution is 0.578. The molecule has 1 saturated heterocycles. The average molecular weight is 202 g/mol.